The molecule has 3 aliphatic heterocycles. The summed E-state index contributed by atoms with van der Waals surface area (Å²) in [6.45, 7) is 17.0. The lowest BCUT2D eigenvalue weighted by Crippen LogP contribution is -2.60. The number of hydrogen-bond donors (Lipinski definition) is 1. The Labute approximate surface area is 220 Å². The van der Waals surface area contributed by atoms with E-state index >= 15 is 0 Å². The lowest BCUT2D eigenvalue weighted by atomic mass is 9.66. The van der Waals surface area contributed by atoms with Crippen LogP contribution in [0.3, 0.4) is 0 Å². The summed E-state index contributed by atoms with van der Waals surface area (Å²) in [6, 6.07) is -0.622. The summed E-state index contributed by atoms with van der Waals surface area (Å²) in [5, 5.41) is 9.10. The fraction of sp³-hybridized carbons (Fsp3) is 0.750. The Balaban J connectivity index is 1.98. The summed E-state index contributed by atoms with van der Waals surface area (Å²) in [5.41, 5.74) is -0.441. The number of ether oxygens (including phenoxy) is 1. The number of aliphatic hydroxyl groups excluding tert-OH is 1. The molecular weight excluding hydrogens is 476 g/mol. The van der Waals surface area contributed by atoms with Crippen molar-refractivity contribution >= 4 is 29.5 Å². The molecule has 0 saturated carbocycles. The molecule has 3 aliphatic rings. The van der Waals surface area contributed by atoms with Crippen molar-refractivity contribution < 1.29 is 24.2 Å². The first kappa shape index (κ1) is 28.8. The summed E-state index contributed by atoms with van der Waals surface area (Å²) in [4.78, 5) is 45.3. The van der Waals surface area contributed by atoms with Crippen molar-refractivity contribution in [3.8, 4) is 0 Å². The molecule has 202 valence electrons. The molecule has 0 aromatic heterocycles. The van der Waals surface area contributed by atoms with Crippen molar-refractivity contribution in [2.75, 3.05) is 26.3 Å². The van der Waals surface area contributed by atoms with Gasteiger partial charge in [-0.05, 0) is 52.4 Å². The van der Waals surface area contributed by atoms with Gasteiger partial charge < -0.3 is 19.6 Å². The third-order valence-corrected chi connectivity index (χ3v) is 10.1. The predicted molar refractivity (Wildman–Crippen MR) is 143 cm³/mol. The van der Waals surface area contributed by atoms with Crippen LogP contribution in [0.1, 0.15) is 66.2 Å². The summed E-state index contributed by atoms with van der Waals surface area (Å²) < 4.78 is 4.94. The SMILES string of the molecule is C=CCCOC(=O)[C@@H]1[C@@H]2CC(C)C3(S2)C(C(=O)N(CC=C)C(C)(C)C)N(CCCCCCO)C(=O)[C@H]13. The minimum absolute atomic E-state index is 0.0188. The molecule has 8 heteroatoms. The van der Waals surface area contributed by atoms with Gasteiger partial charge >= 0.3 is 5.97 Å². The standard InChI is InChI=1S/C28H44N2O5S/c1-7-9-17-35-26(34)21-20-18-19(3)28(36-20)22(21)24(32)29(15-12-10-11-13-16-31)23(28)25(33)30(14-8-2)27(4,5)6/h7-8,19-23,31H,1-2,9-18H2,3-6H3/t19?,20-,21+,22-,23?,28?/m0/s1. The molecule has 1 spiro atoms. The van der Waals surface area contributed by atoms with E-state index in [9.17, 15) is 14.4 Å². The van der Waals surface area contributed by atoms with Crippen molar-refractivity contribution in [1.29, 1.82) is 0 Å². The van der Waals surface area contributed by atoms with E-state index in [1.807, 2.05) is 25.7 Å². The first-order valence-corrected chi connectivity index (χ1v) is 14.2. The molecule has 3 heterocycles. The number of amides is 2. The summed E-state index contributed by atoms with van der Waals surface area (Å²) in [6.07, 6.45) is 8.04. The molecule has 2 bridgehead atoms. The van der Waals surface area contributed by atoms with E-state index in [1.165, 1.54) is 0 Å². The van der Waals surface area contributed by atoms with Gasteiger partial charge in [0.05, 0.1) is 23.2 Å². The fourth-order valence-corrected chi connectivity index (χ4v) is 8.77. The van der Waals surface area contributed by atoms with Gasteiger partial charge in [0.2, 0.25) is 11.8 Å². The van der Waals surface area contributed by atoms with E-state index in [4.69, 9.17) is 9.84 Å². The number of esters is 1. The second-order valence-corrected chi connectivity index (χ2v) is 12.9. The Hall–Kier alpha value is -1.80. The van der Waals surface area contributed by atoms with Crippen molar-refractivity contribution in [1.82, 2.24) is 9.80 Å². The highest BCUT2D eigenvalue weighted by molar-refractivity contribution is 8.02. The second-order valence-electron chi connectivity index (χ2n) is 11.4. The maximum absolute atomic E-state index is 14.3. The summed E-state index contributed by atoms with van der Waals surface area (Å²) in [5.74, 6) is -1.43. The van der Waals surface area contributed by atoms with Crippen LogP contribution >= 0.6 is 11.8 Å². The number of fused-ring (bicyclic) bond motifs is 1. The Morgan fingerprint density at radius 3 is 2.53 bits per heavy atom. The highest BCUT2D eigenvalue weighted by atomic mass is 32.2. The molecule has 1 N–H and O–H groups in total. The second kappa shape index (κ2) is 11.7. The van der Waals surface area contributed by atoms with Gasteiger partial charge in [-0.2, -0.15) is 0 Å². The van der Waals surface area contributed by atoms with Crippen LogP contribution in [0.2, 0.25) is 0 Å². The quantitative estimate of drug-likeness (QED) is 0.226. The average Bonchev–Trinajstić information content (AvgIpc) is 3.40. The fourth-order valence-electron chi connectivity index (χ4n) is 6.37. The molecule has 0 aromatic rings. The first-order chi connectivity index (χ1) is 17.1. The number of carbonyl (C=O) groups is 3. The van der Waals surface area contributed by atoms with Crippen LogP contribution in [0, 0.1) is 17.8 Å². The van der Waals surface area contributed by atoms with Crippen molar-refractivity contribution in [2.24, 2.45) is 17.8 Å². The minimum atomic E-state index is -0.642. The highest BCUT2D eigenvalue weighted by Crippen LogP contribution is 2.68. The molecule has 6 atom stereocenters. The normalized spacial score (nSPS) is 30.9. The molecule has 7 nitrogen and oxygen atoms in total. The van der Waals surface area contributed by atoms with E-state index < -0.39 is 28.2 Å². The zero-order chi connectivity index (χ0) is 26.7. The average molecular weight is 521 g/mol. The van der Waals surface area contributed by atoms with Crippen LogP contribution < -0.4 is 0 Å². The molecule has 2 amide bonds. The number of unbranched alkanes of at least 4 members (excludes halogenated alkanes) is 3. The van der Waals surface area contributed by atoms with Crippen LogP contribution in [-0.2, 0) is 19.1 Å². The number of aliphatic hydroxyl groups is 1. The third kappa shape index (κ3) is 5.13. The molecule has 3 saturated heterocycles. The minimum Gasteiger partial charge on any atom is -0.465 e. The van der Waals surface area contributed by atoms with Gasteiger partial charge in [0, 0.05) is 30.5 Å². The topological polar surface area (TPSA) is 87.2 Å². The first-order valence-electron chi connectivity index (χ1n) is 13.3. The largest absolute Gasteiger partial charge is 0.465 e. The molecule has 3 unspecified atom stereocenters. The van der Waals surface area contributed by atoms with Gasteiger partial charge in [0.1, 0.15) is 6.04 Å². The zero-order valence-electron chi connectivity index (χ0n) is 22.4. The highest BCUT2D eigenvalue weighted by Gasteiger charge is 2.76. The maximum Gasteiger partial charge on any atom is 0.310 e. The number of carbonyl (C=O) groups excluding carboxylic acids is 3. The lowest BCUT2D eigenvalue weighted by Gasteiger charge is -2.44. The molecular formula is C28H44N2O5S. The van der Waals surface area contributed by atoms with Crippen LogP contribution in [0.5, 0.6) is 0 Å². The number of rotatable bonds is 13. The van der Waals surface area contributed by atoms with Gasteiger partial charge in [-0.3, -0.25) is 14.4 Å². The zero-order valence-corrected chi connectivity index (χ0v) is 23.2. The predicted octanol–water partition coefficient (Wildman–Crippen LogP) is 3.81. The Morgan fingerprint density at radius 1 is 1.22 bits per heavy atom. The van der Waals surface area contributed by atoms with Crippen molar-refractivity contribution in [2.45, 2.75) is 87.8 Å². The number of thioether (sulfide) groups is 1. The number of hydrogen-bond acceptors (Lipinski definition) is 6. The Kier molecular flexibility index (Phi) is 9.36. The van der Waals surface area contributed by atoms with Gasteiger partial charge in [0.25, 0.3) is 0 Å². The molecule has 0 radical (unpaired) electrons. The van der Waals surface area contributed by atoms with E-state index in [-0.39, 0.29) is 42.2 Å². The van der Waals surface area contributed by atoms with Gasteiger partial charge in [-0.1, -0.05) is 31.9 Å². The maximum atomic E-state index is 14.3. The molecule has 3 rings (SSSR count). The van der Waals surface area contributed by atoms with E-state index in [0.29, 0.717) is 19.5 Å². The van der Waals surface area contributed by atoms with Crippen molar-refractivity contribution in [3.63, 3.8) is 0 Å². The Bertz CT molecular complexity index is 855. The lowest BCUT2D eigenvalue weighted by molar-refractivity contribution is -0.154. The van der Waals surface area contributed by atoms with Crippen LogP contribution in [0.25, 0.3) is 0 Å². The molecule has 36 heavy (non-hydrogen) atoms. The van der Waals surface area contributed by atoms with Gasteiger partial charge in [-0.15, -0.1) is 24.9 Å². The molecule has 0 aromatic carbocycles. The Morgan fingerprint density at radius 2 is 1.92 bits per heavy atom. The van der Waals surface area contributed by atoms with Crippen LogP contribution in [0.15, 0.2) is 25.3 Å². The summed E-state index contributed by atoms with van der Waals surface area (Å²) >= 11 is 1.68. The van der Waals surface area contributed by atoms with E-state index in [2.05, 4.69) is 20.1 Å². The smallest absolute Gasteiger partial charge is 0.310 e. The van der Waals surface area contributed by atoms with Gasteiger partial charge in [0.15, 0.2) is 0 Å². The molecule has 0 aliphatic carbocycles. The van der Waals surface area contributed by atoms with Crippen molar-refractivity contribution in [3.05, 3.63) is 25.3 Å². The molecule has 3 fully saturated rings. The van der Waals surface area contributed by atoms with Crippen LogP contribution in [-0.4, -0.2) is 80.6 Å². The van der Waals surface area contributed by atoms with Gasteiger partial charge in [-0.25, -0.2) is 0 Å². The van der Waals surface area contributed by atoms with E-state index in [1.54, 1.807) is 28.8 Å². The van der Waals surface area contributed by atoms with Crippen LogP contribution in [0.4, 0.5) is 0 Å². The summed E-state index contributed by atoms with van der Waals surface area (Å²) in [7, 11) is 0. The number of nitrogens with zero attached hydrogens (tertiary/aromatic N) is 2. The third-order valence-electron chi connectivity index (χ3n) is 8.01. The monoisotopic (exact) mass is 520 g/mol. The number of likely N-dealkylation sites (tertiary alicyclic amines) is 1. The van der Waals surface area contributed by atoms with E-state index in [0.717, 1.165) is 32.1 Å².